The number of hydrogen-bond acceptors (Lipinski definition) is 1. The quantitative estimate of drug-likeness (QED) is 0.406. The van der Waals surface area contributed by atoms with Crippen LogP contribution in [0.1, 0.15) is 0 Å². The average Bonchev–Trinajstić information content (AvgIpc) is 2.51. The standard InChI is InChI=1S/C12H5F10N/c13-7-8(14)10(17,23(22)6-4-2-1-3-5-6)12(20,21)11(18,19)9(7,15)16/h1-5H. The molecule has 128 valence electrons. The zero-order valence-corrected chi connectivity index (χ0v) is 10.6. The van der Waals surface area contributed by atoms with Gasteiger partial charge in [-0.05, 0) is 12.1 Å². The summed E-state index contributed by atoms with van der Waals surface area (Å²) >= 11 is 0. The SMILES string of the molecule is FC1=C(F)C(F)(N(F)c2ccccc2)C(F)(F)C(F)(F)C1(F)F. The van der Waals surface area contributed by atoms with Gasteiger partial charge in [0, 0.05) is 0 Å². The second-order valence-corrected chi connectivity index (χ2v) is 4.59. The highest BCUT2D eigenvalue weighted by atomic mass is 19.4. The Bertz CT molecular complexity index is 641. The number of halogens is 10. The van der Waals surface area contributed by atoms with E-state index in [9.17, 15) is 44.0 Å². The highest BCUT2D eigenvalue weighted by Crippen LogP contribution is 2.63. The first-order chi connectivity index (χ1) is 10.3. The maximum atomic E-state index is 14.2. The molecule has 0 saturated heterocycles. The van der Waals surface area contributed by atoms with Gasteiger partial charge in [-0.15, -0.1) is 0 Å². The number of para-hydroxylation sites is 1. The summed E-state index contributed by atoms with van der Waals surface area (Å²) in [5, 5.41) is -1.86. The normalized spacial score (nSPS) is 28.6. The van der Waals surface area contributed by atoms with Crippen molar-refractivity contribution in [1.82, 2.24) is 0 Å². The molecule has 1 aliphatic rings. The van der Waals surface area contributed by atoms with Gasteiger partial charge in [0.15, 0.2) is 0 Å². The van der Waals surface area contributed by atoms with Crippen LogP contribution in [0.3, 0.4) is 0 Å². The summed E-state index contributed by atoms with van der Waals surface area (Å²) in [4.78, 5) is 0. The van der Waals surface area contributed by atoms with Crippen molar-refractivity contribution < 1.29 is 44.0 Å². The van der Waals surface area contributed by atoms with Crippen LogP contribution in [-0.4, -0.2) is 23.6 Å². The number of allylic oxidation sites excluding steroid dienone is 1. The van der Waals surface area contributed by atoms with E-state index >= 15 is 0 Å². The lowest BCUT2D eigenvalue weighted by molar-refractivity contribution is -0.348. The largest absolute Gasteiger partial charge is 0.384 e. The third-order valence-corrected chi connectivity index (χ3v) is 3.22. The van der Waals surface area contributed by atoms with E-state index in [0.29, 0.717) is 12.1 Å². The van der Waals surface area contributed by atoms with Gasteiger partial charge in [-0.2, -0.15) is 31.5 Å². The Hall–Kier alpha value is -1.94. The molecule has 0 radical (unpaired) electrons. The predicted octanol–water partition coefficient (Wildman–Crippen LogP) is 5.11. The van der Waals surface area contributed by atoms with E-state index in [2.05, 4.69) is 0 Å². The first kappa shape index (κ1) is 17.4. The molecule has 0 N–H and O–H groups in total. The zero-order chi connectivity index (χ0) is 17.8. The fourth-order valence-electron chi connectivity index (χ4n) is 1.91. The van der Waals surface area contributed by atoms with Crippen LogP contribution >= 0.6 is 0 Å². The summed E-state index contributed by atoms with van der Waals surface area (Å²) in [6.07, 6.45) is 0. The van der Waals surface area contributed by atoms with Gasteiger partial charge in [-0.3, -0.25) is 0 Å². The Morgan fingerprint density at radius 3 is 1.65 bits per heavy atom. The van der Waals surface area contributed by atoms with Gasteiger partial charge in [0.1, 0.15) is 0 Å². The summed E-state index contributed by atoms with van der Waals surface area (Å²) in [6.45, 7) is 0. The topological polar surface area (TPSA) is 3.24 Å². The van der Waals surface area contributed by atoms with Crippen LogP contribution in [0.25, 0.3) is 0 Å². The summed E-state index contributed by atoms with van der Waals surface area (Å²) in [6, 6.07) is 4.13. The molecule has 0 saturated carbocycles. The second-order valence-electron chi connectivity index (χ2n) is 4.59. The number of alkyl halides is 7. The van der Waals surface area contributed by atoms with Crippen LogP contribution in [0.15, 0.2) is 42.0 Å². The molecule has 1 unspecified atom stereocenters. The van der Waals surface area contributed by atoms with E-state index in [1.165, 1.54) is 6.07 Å². The molecule has 1 aromatic rings. The summed E-state index contributed by atoms with van der Waals surface area (Å²) in [5.74, 6) is -33.0. The number of benzene rings is 1. The maximum absolute atomic E-state index is 14.2. The van der Waals surface area contributed by atoms with Crippen LogP contribution in [0.5, 0.6) is 0 Å². The van der Waals surface area contributed by atoms with Crippen molar-refractivity contribution in [3.05, 3.63) is 42.0 Å². The van der Waals surface area contributed by atoms with Gasteiger partial charge in [0.25, 0.3) is 0 Å². The van der Waals surface area contributed by atoms with E-state index in [-0.39, 0.29) is 0 Å². The minimum absolute atomic E-state index is 0.549. The Balaban J connectivity index is 2.76. The van der Waals surface area contributed by atoms with Crippen LogP contribution in [-0.2, 0) is 0 Å². The van der Waals surface area contributed by atoms with Gasteiger partial charge in [0.05, 0.1) is 5.69 Å². The molecule has 1 aromatic carbocycles. The molecular formula is C12H5F10N. The van der Waals surface area contributed by atoms with Crippen LogP contribution in [0.2, 0.25) is 0 Å². The van der Waals surface area contributed by atoms with E-state index < -0.39 is 46.0 Å². The van der Waals surface area contributed by atoms with Crippen LogP contribution < -0.4 is 5.12 Å². The molecule has 1 atom stereocenters. The minimum atomic E-state index is -6.73. The van der Waals surface area contributed by atoms with Crippen molar-refractivity contribution in [3.63, 3.8) is 0 Å². The van der Waals surface area contributed by atoms with E-state index in [1.54, 1.807) is 0 Å². The molecule has 11 heteroatoms. The molecule has 1 aliphatic carbocycles. The van der Waals surface area contributed by atoms with Crippen molar-refractivity contribution in [1.29, 1.82) is 0 Å². The highest BCUT2D eigenvalue weighted by molar-refractivity contribution is 5.51. The zero-order valence-electron chi connectivity index (χ0n) is 10.6. The molecule has 0 aromatic heterocycles. The molecule has 0 aliphatic heterocycles. The van der Waals surface area contributed by atoms with Crippen LogP contribution in [0, 0.1) is 0 Å². The summed E-state index contributed by atoms with van der Waals surface area (Å²) < 4.78 is 134. The lowest BCUT2D eigenvalue weighted by Gasteiger charge is -2.45. The Kier molecular flexibility index (Phi) is 3.62. The van der Waals surface area contributed by atoms with Gasteiger partial charge >= 0.3 is 23.6 Å². The average molecular weight is 353 g/mol. The minimum Gasteiger partial charge on any atom is -0.203 e. The molecule has 0 amide bonds. The monoisotopic (exact) mass is 353 g/mol. The molecule has 23 heavy (non-hydrogen) atoms. The second kappa shape index (κ2) is 4.78. The molecule has 1 nitrogen and oxygen atoms in total. The molecule has 0 spiro atoms. The van der Waals surface area contributed by atoms with E-state index in [4.69, 9.17) is 0 Å². The maximum Gasteiger partial charge on any atom is 0.384 e. The highest BCUT2D eigenvalue weighted by Gasteiger charge is 2.88. The molecule has 0 fully saturated rings. The number of nitrogens with zero attached hydrogens (tertiary/aromatic N) is 1. The first-order valence-corrected chi connectivity index (χ1v) is 5.73. The number of rotatable bonds is 2. The smallest absolute Gasteiger partial charge is 0.203 e. The molecule has 2 rings (SSSR count). The molecule has 0 bridgehead atoms. The van der Waals surface area contributed by atoms with Crippen molar-refractivity contribution in [2.75, 3.05) is 5.12 Å². The third kappa shape index (κ3) is 1.88. The van der Waals surface area contributed by atoms with E-state index in [1.807, 2.05) is 0 Å². The Labute approximate surface area is 121 Å². The van der Waals surface area contributed by atoms with Crippen molar-refractivity contribution >= 4 is 5.69 Å². The van der Waals surface area contributed by atoms with E-state index in [0.717, 1.165) is 12.1 Å². The lowest BCUT2D eigenvalue weighted by atomic mass is 9.86. The van der Waals surface area contributed by atoms with Crippen LogP contribution in [0.4, 0.5) is 49.7 Å². The van der Waals surface area contributed by atoms with Crippen molar-refractivity contribution in [3.8, 4) is 0 Å². The first-order valence-electron chi connectivity index (χ1n) is 5.73. The Morgan fingerprint density at radius 1 is 0.696 bits per heavy atom. The van der Waals surface area contributed by atoms with Gasteiger partial charge < -0.3 is 0 Å². The van der Waals surface area contributed by atoms with Crippen molar-refractivity contribution in [2.45, 2.75) is 23.6 Å². The fourth-order valence-corrected chi connectivity index (χ4v) is 1.91. The molecule has 0 heterocycles. The summed E-state index contributed by atoms with van der Waals surface area (Å²) in [5.41, 5.74) is -1.22. The van der Waals surface area contributed by atoms with Gasteiger partial charge in [0.2, 0.25) is 11.7 Å². The number of hydrogen-bond donors (Lipinski definition) is 0. The van der Waals surface area contributed by atoms with Gasteiger partial charge in [-0.25, -0.2) is 13.2 Å². The number of anilines is 1. The summed E-state index contributed by atoms with van der Waals surface area (Å²) in [7, 11) is 0. The predicted molar refractivity (Wildman–Crippen MR) is 58.0 cm³/mol. The Morgan fingerprint density at radius 2 is 1.17 bits per heavy atom. The fraction of sp³-hybridized carbons (Fsp3) is 0.333. The van der Waals surface area contributed by atoms with Gasteiger partial charge in [-0.1, -0.05) is 22.7 Å². The third-order valence-electron chi connectivity index (χ3n) is 3.22. The molecular weight excluding hydrogens is 348 g/mol. The lowest BCUT2D eigenvalue weighted by Crippen LogP contribution is -2.71. The van der Waals surface area contributed by atoms with Crippen molar-refractivity contribution in [2.24, 2.45) is 0 Å².